The third-order valence-electron chi connectivity index (χ3n) is 6.68. The molecule has 2 rings (SSSR count). The molecule has 25 heteroatoms. The maximum absolute atomic E-state index is 12.7. The Balaban J connectivity index is 0.000000553. The molecular weight excluding hydrogens is 1410 g/mol. The molecule has 0 radical (unpaired) electrons. The molecule has 4 atom stereocenters. The van der Waals surface area contributed by atoms with Gasteiger partial charge in [-0.05, 0) is 136 Å². The lowest BCUT2D eigenvalue weighted by Crippen LogP contribution is -2.38. The van der Waals surface area contributed by atoms with Crippen molar-refractivity contribution in [2.24, 2.45) is 0 Å². The molecule has 19 nitrogen and oxygen atoms in total. The Kier molecular flexibility index (Phi) is 24.9. The van der Waals surface area contributed by atoms with Crippen molar-refractivity contribution >= 4 is 176 Å². The quantitative estimate of drug-likeness (QED) is 0.0575. The van der Waals surface area contributed by atoms with Crippen molar-refractivity contribution in [3.8, 4) is 0 Å². The highest BCUT2D eigenvalue weighted by Crippen LogP contribution is 2.36. The van der Waals surface area contributed by atoms with E-state index in [0.717, 1.165) is 0 Å². The van der Waals surface area contributed by atoms with Gasteiger partial charge in [-0.3, -0.25) is 24.0 Å². The highest BCUT2D eigenvalue weighted by molar-refractivity contribution is 14.1. The Morgan fingerprint density at radius 2 is 0.727 bits per heavy atom. The van der Waals surface area contributed by atoms with Crippen LogP contribution in [0.25, 0.3) is 0 Å². The summed E-state index contributed by atoms with van der Waals surface area (Å²) >= 11 is 11.1. The van der Waals surface area contributed by atoms with E-state index >= 15 is 0 Å². The van der Waals surface area contributed by atoms with Gasteiger partial charge in [0.15, 0.2) is 0 Å². The number of carbonyl (C=O) groups excluding carboxylic acids is 5. The number of rotatable bonds is 17. The molecule has 308 valence electrons. The van der Waals surface area contributed by atoms with Crippen molar-refractivity contribution in [3.63, 3.8) is 0 Å². The number of halogens is 6. The lowest BCUT2D eigenvalue weighted by Gasteiger charge is -2.21. The number of carbonyl (C=O) groups is 5. The molecule has 5 amide bonds. The summed E-state index contributed by atoms with van der Waals surface area (Å²) < 4.78 is 2.08. The number of nitrogens with two attached hydrogens (primary N) is 1. The van der Waals surface area contributed by atoms with Crippen molar-refractivity contribution in [2.75, 3.05) is 37.5 Å². The fraction of sp³-hybridized carbons (Fsp3) is 0.433. The molecule has 0 aliphatic heterocycles. The summed E-state index contributed by atoms with van der Waals surface area (Å²) in [6.07, 6.45) is -5.34. The van der Waals surface area contributed by atoms with Crippen molar-refractivity contribution in [2.45, 2.75) is 57.5 Å². The number of nitrogens with one attached hydrogen (secondary N) is 5. The first kappa shape index (κ1) is 52.7. The molecule has 0 saturated heterocycles. The monoisotopic (exact) mass is 1450 g/mol. The van der Waals surface area contributed by atoms with Crippen molar-refractivity contribution in [3.05, 3.63) is 43.7 Å². The van der Waals surface area contributed by atoms with E-state index in [4.69, 9.17) is 26.2 Å². The zero-order valence-corrected chi connectivity index (χ0v) is 41.4. The average Bonchev–Trinajstić information content (AvgIpc) is 3.06. The molecule has 2 aromatic rings. The van der Waals surface area contributed by atoms with E-state index in [-0.39, 0.29) is 89.3 Å². The van der Waals surface area contributed by atoms with Gasteiger partial charge in [-0.15, -0.1) is 0 Å². The van der Waals surface area contributed by atoms with Crippen LogP contribution in [0.5, 0.6) is 0 Å². The van der Waals surface area contributed by atoms with Gasteiger partial charge in [-0.1, -0.05) is 0 Å². The summed E-state index contributed by atoms with van der Waals surface area (Å²) in [5, 5.41) is 86.3. The van der Waals surface area contributed by atoms with Crippen LogP contribution in [0.2, 0.25) is 0 Å². The molecule has 4 unspecified atom stereocenters. The number of benzene rings is 2. The van der Waals surface area contributed by atoms with Gasteiger partial charge >= 0.3 is 0 Å². The first-order valence-corrected chi connectivity index (χ1v) is 22.0. The Morgan fingerprint density at radius 1 is 0.491 bits per heavy atom. The fourth-order valence-electron chi connectivity index (χ4n) is 4.10. The van der Waals surface area contributed by atoms with E-state index in [9.17, 15) is 44.4 Å². The lowest BCUT2D eigenvalue weighted by atomic mass is 10.1. The smallest absolute Gasteiger partial charge is 0.255 e. The summed E-state index contributed by atoms with van der Waals surface area (Å²) in [6, 6.07) is 0. The van der Waals surface area contributed by atoms with Gasteiger partial charge in [0.05, 0.1) is 47.9 Å². The van der Waals surface area contributed by atoms with E-state index in [0.29, 0.717) is 17.9 Å². The van der Waals surface area contributed by atoms with Crippen molar-refractivity contribution in [1.29, 1.82) is 0 Å². The topological polar surface area (TPSA) is 333 Å². The fourth-order valence-corrected chi connectivity index (χ4v) is 12.7. The predicted octanol–water partition coefficient (Wildman–Crippen LogP) is 0.264. The van der Waals surface area contributed by atoms with Crippen LogP contribution in [-0.2, 0) is 4.79 Å². The van der Waals surface area contributed by atoms with Crippen LogP contribution in [0.4, 0.5) is 11.4 Å². The number of aliphatic hydroxyl groups is 8. The molecule has 15 N–H and O–H groups in total. The molecule has 0 heterocycles. The SMILES string of the molecule is CC(=O)Nc1c(I)c(C(=O)NC(O)CCO)c(I)c(C(=O)NC(O)CCO)c1I.Nc1c(I)c(C(=O)NC(O)CCO)c(I)c(C(=O)NC(O)CCO)c1I. The van der Waals surface area contributed by atoms with E-state index < -0.39 is 54.4 Å². The molecule has 55 heavy (non-hydrogen) atoms. The first-order valence-electron chi connectivity index (χ1n) is 15.5. The first-order chi connectivity index (χ1) is 25.7. The molecular formula is C30H38I6N6O13. The minimum Gasteiger partial charge on any atom is -0.397 e. The highest BCUT2D eigenvalue weighted by atomic mass is 127. The van der Waals surface area contributed by atoms with Gasteiger partial charge in [0, 0.05) is 66.2 Å². The van der Waals surface area contributed by atoms with Gasteiger partial charge in [0.25, 0.3) is 23.6 Å². The summed E-state index contributed by atoms with van der Waals surface area (Å²) in [5.74, 6) is -3.11. The maximum atomic E-state index is 12.7. The maximum Gasteiger partial charge on any atom is 0.255 e. The summed E-state index contributed by atoms with van der Waals surface area (Å²) in [7, 11) is 0. The number of hydrogen-bond acceptors (Lipinski definition) is 14. The average molecular weight is 1450 g/mol. The minimum atomic E-state index is -1.30. The zero-order chi connectivity index (χ0) is 42.3. The van der Waals surface area contributed by atoms with Crippen LogP contribution in [0.15, 0.2) is 0 Å². The molecule has 0 bridgehead atoms. The third kappa shape index (κ3) is 15.6. The normalized spacial score (nSPS) is 13.0. The van der Waals surface area contributed by atoms with Crippen molar-refractivity contribution < 1.29 is 64.8 Å². The second-order valence-corrected chi connectivity index (χ2v) is 17.3. The summed E-state index contributed by atoms with van der Waals surface area (Å²) in [6.45, 7) is -0.00688. The van der Waals surface area contributed by atoms with E-state index in [1.807, 2.05) is 113 Å². The van der Waals surface area contributed by atoms with Crippen LogP contribution in [0.3, 0.4) is 0 Å². The van der Waals surface area contributed by atoms with Crippen LogP contribution in [0.1, 0.15) is 74.0 Å². The standard InChI is InChI=1S/C16H20I3N3O7.C14H18I3N3O6/c1-6(25)20-14-12(18)9(15(28)21-7(26)2-4-23)11(17)10(13(14)19)16(29)22-8(27)3-5-24;15-9-7(13(25)19-5(23)1-3-21)10(16)12(18)11(17)8(9)14(26)20-6(24)2-4-22/h7-8,23-24,26-27H,2-5H2,1H3,(H,20,25)(H,21,28)(H,22,29);5-6,21-24H,1-4,18H2,(H,19,25)(H,20,26). The van der Waals surface area contributed by atoms with Gasteiger partial charge in [0.2, 0.25) is 5.91 Å². The Morgan fingerprint density at radius 3 is 0.945 bits per heavy atom. The summed E-state index contributed by atoms with van der Waals surface area (Å²) in [4.78, 5) is 62.1. The van der Waals surface area contributed by atoms with Crippen molar-refractivity contribution in [1.82, 2.24) is 21.3 Å². The predicted molar refractivity (Wildman–Crippen MR) is 249 cm³/mol. The van der Waals surface area contributed by atoms with Gasteiger partial charge in [-0.2, -0.15) is 0 Å². The molecule has 0 aliphatic rings. The molecule has 0 fully saturated rings. The number of nitrogen functional groups attached to an aromatic ring is 1. The lowest BCUT2D eigenvalue weighted by molar-refractivity contribution is -0.114. The van der Waals surface area contributed by atoms with Crippen LogP contribution in [0, 0.1) is 21.4 Å². The molecule has 0 saturated carbocycles. The second kappa shape index (κ2) is 26.0. The second-order valence-electron chi connectivity index (χ2n) is 10.9. The van der Waals surface area contributed by atoms with Crippen LogP contribution >= 0.6 is 136 Å². The van der Waals surface area contributed by atoms with E-state index in [1.54, 1.807) is 22.6 Å². The molecule has 0 spiro atoms. The number of hydrogen-bond donors (Lipinski definition) is 14. The summed E-state index contributed by atoms with van der Waals surface area (Å²) in [5.41, 5.74) is 6.81. The van der Waals surface area contributed by atoms with Gasteiger partial charge < -0.3 is 73.2 Å². The van der Waals surface area contributed by atoms with Gasteiger partial charge in [-0.25, -0.2) is 0 Å². The Labute approximate surface area is 396 Å². The molecule has 2 aromatic carbocycles. The number of anilines is 2. The number of aliphatic hydroxyl groups excluding tert-OH is 8. The van der Waals surface area contributed by atoms with E-state index in [1.165, 1.54) is 6.92 Å². The van der Waals surface area contributed by atoms with Crippen LogP contribution in [-0.4, -0.2) is 122 Å². The Hall–Kier alpha value is -0.350. The Bertz CT molecular complexity index is 1620. The minimum absolute atomic E-state index is 0.0422. The number of amides is 5. The third-order valence-corrected chi connectivity index (χ3v) is 13.2. The molecule has 0 aromatic heterocycles. The molecule has 0 aliphatic carbocycles. The van der Waals surface area contributed by atoms with Crippen LogP contribution < -0.4 is 32.3 Å². The van der Waals surface area contributed by atoms with Gasteiger partial charge in [0.1, 0.15) is 24.9 Å². The van der Waals surface area contributed by atoms with E-state index in [2.05, 4.69) is 26.6 Å². The zero-order valence-electron chi connectivity index (χ0n) is 28.4. The largest absolute Gasteiger partial charge is 0.397 e. The highest BCUT2D eigenvalue weighted by Gasteiger charge is 2.30.